The van der Waals surface area contributed by atoms with Gasteiger partial charge in [-0.1, -0.05) is 6.42 Å². The Kier molecular flexibility index (Phi) is 1.95. The van der Waals surface area contributed by atoms with Crippen LogP contribution in [-0.2, 0) is 0 Å². The summed E-state index contributed by atoms with van der Waals surface area (Å²) < 4.78 is 24.9. The summed E-state index contributed by atoms with van der Waals surface area (Å²) in [5.74, 6) is -2.62. The SMILES string of the molecule is CC(F)(F)C(N)C1CCC1. The lowest BCUT2D eigenvalue weighted by atomic mass is 9.78. The Bertz CT molecular complexity index is 115. The normalized spacial score (nSPS) is 24.0. The zero-order valence-electron chi connectivity index (χ0n) is 6.11. The van der Waals surface area contributed by atoms with Gasteiger partial charge in [0.1, 0.15) is 0 Å². The molecular formula is C7H13F2N. The van der Waals surface area contributed by atoms with Crippen LogP contribution in [0.25, 0.3) is 0 Å². The summed E-state index contributed by atoms with van der Waals surface area (Å²) in [7, 11) is 0. The Morgan fingerprint density at radius 2 is 2.00 bits per heavy atom. The fraction of sp³-hybridized carbons (Fsp3) is 1.00. The van der Waals surface area contributed by atoms with Gasteiger partial charge in [0.15, 0.2) is 0 Å². The van der Waals surface area contributed by atoms with E-state index >= 15 is 0 Å². The molecule has 1 aliphatic rings. The van der Waals surface area contributed by atoms with Crippen LogP contribution in [0.1, 0.15) is 26.2 Å². The van der Waals surface area contributed by atoms with Gasteiger partial charge in [0.05, 0.1) is 6.04 Å². The molecule has 0 aliphatic heterocycles. The first-order chi connectivity index (χ1) is 4.52. The summed E-state index contributed by atoms with van der Waals surface area (Å²) in [6, 6.07) is -0.916. The second-order valence-corrected chi connectivity index (χ2v) is 3.17. The molecule has 0 aromatic carbocycles. The molecule has 1 saturated carbocycles. The van der Waals surface area contributed by atoms with E-state index in [0.29, 0.717) is 0 Å². The molecule has 1 nitrogen and oxygen atoms in total. The zero-order chi connectivity index (χ0) is 7.78. The van der Waals surface area contributed by atoms with E-state index < -0.39 is 12.0 Å². The van der Waals surface area contributed by atoms with Gasteiger partial charge < -0.3 is 5.73 Å². The zero-order valence-corrected chi connectivity index (χ0v) is 6.11. The van der Waals surface area contributed by atoms with Gasteiger partial charge in [-0.3, -0.25) is 0 Å². The van der Waals surface area contributed by atoms with Crippen molar-refractivity contribution in [2.45, 2.75) is 38.2 Å². The third-order valence-corrected chi connectivity index (χ3v) is 2.24. The Hall–Kier alpha value is -0.180. The predicted octanol–water partition coefficient (Wildman–Crippen LogP) is 1.77. The van der Waals surface area contributed by atoms with Gasteiger partial charge in [0.25, 0.3) is 5.92 Å². The highest BCUT2D eigenvalue weighted by Crippen LogP contribution is 2.34. The summed E-state index contributed by atoms with van der Waals surface area (Å²) in [6.45, 7) is 0.899. The van der Waals surface area contributed by atoms with E-state index in [0.717, 1.165) is 26.2 Å². The van der Waals surface area contributed by atoms with Crippen molar-refractivity contribution in [1.29, 1.82) is 0 Å². The maximum absolute atomic E-state index is 12.5. The number of halogens is 2. The number of rotatable bonds is 2. The van der Waals surface area contributed by atoms with Gasteiger partial charge in [-0.2, -0.15) is 0 Å². The monoisotopic (exact) mass is 149 g/mol. The van der Waals surface area contributed by atoms with E-state index in [1.54, 1.807) is 0 Å². The lowest BCUT2D eigenvalue weighted by Crippen LogP contribution is -2.46. The van der Waals surface area contributed by atoms with Gasteiger partial charge in [0.2, 0.25) is 0 Å². The van der Waals surface area contributed by atoms with E-state index in [9.17, 15) is 8.78 Å². The van der Waals surface area contributed by atoms with Crippen molar-refractivity contribution < 1.29 is 8.78 Å². The van der Waals surface area contributed by atoms with Gasteiger partial charge in [-0.25, -0.2) is 8.78 Å². The minimum absolute atomic E-state index is 0.0694. The lowest BCUT2D eigenvalue weighted by molar-refractivity contribution is -0.0369. The van der Waals surface area contributed by atoms with Crippen molar-refractivity contribution >= 4 is 0 Å². The van der Waals surface area contributed by atoms with Crippen LogP contribution in [0.5, 0.6) is 0 Å². The smallest absolute Gasteiger partial charge is 0.260 e. The second kappa shape index (κ2) is 2.46. The van der Waals surface area contributed by atoms with E-state index in [1.807, 2.05) is 0 Å². The molecule has 10 heavy (non-hydrogen) atoms. The van der Waals surface area contributed by atoms with Crippen molar-refractivity contribution in [1.82, 2.24) is 0 Å². The molecule has 0 amide bonds. The van der Waals surface area contributed by atoms with Crippen LogP contribution in [0.4, 0.5) is 8.78 Å². The Balaban J connectivity index is 2.39. The van der Waals surface area contributed by atoms with E-state index in [2.05, 4.69) is 0 Å². The van der Waals surface area contributed by atoms with Crippen molar-refractivity contribution in [3.63, 3.8) is 0 Å². The lowest BCUT2D eigenvalue weighted by Gasteiger charge is -2.34. The third-order valence-electron chi connectivity index (χ3n) is 2.24. The average Bonchev–Trinajstić information content (AvgIpc) is 1.57. The summed E-state index contributed by atoms with van der Waals surface area (Å²) in [6.07, 6.45) is 2.82. The van der Waals surface area contributed by atoms with Crippen molar-refractivity contribution in [3.05, 3.63) is 0 Å². The molecule has 0 aromatic rings. The quantitative estimate of drug-likeness (QED) is 0.636. The maximum Gasteiger partial charge on any atom is 0.260 e. The topological polar surface area (TPSA) is 26.0 Å². The summed E-state index contributed by atoms with van der Waals surface area (Å²) in [5, 5.41) is 0. The highest BCUT2D eigenvalue weighted by Gasteiger charge is 2.39. The fourth-order valence-corrected chi connectivity index (χ4v) is 1.21. The molecule has 0 aromatic heterocycles. The van der Waals surface area contributed by atoms with Gasteiger partial charge >= 0.3 is 0 Å². The van der Waals surface area contributed by atoms with E-state index in [1.165, 1.54) is 0 Å². The van der Waals surface area contributed by atoms with Crippen LogP contribution in [0.2, 0.25) is 0 Å². The number of hydrogen-bond acceptors (Lipinski definition) is 1. The highest BCUT2D eigenvalue weighted by molar-refractivity contribution is 4.87. The van der Waals surface area contributed by atoms with Crippen molar-refractivity contribution in [3.8, 4) is 0 Å². The first-order valence-corrected chi connectivity index (χ1v) is 3.65. The molecule has 1 unspecified atom stereocenters. The Morgan fingerprint density at radius 1 is 1.50 bits per heavy atom. The Labute approximate surface area is 59.6 Å². The summed E-state index contributed by atoms with van der Waals surface area (Å²) in [4.78, 5) is 0. The molecule has 0 heterocycles. The molecule has 0 saturated heterocycles. The standard InChI is InChI=1S/C7H13F2N/c1-7(8,9)6(10)5-3-2-4-5/h5-6H,2-4,10H2,1H3. The first kappa shape index (κ1) is 7.92. The number of nitrogens with two attached hydrogens (primary N) is 1. The molecule has 0 spiro atoms. The van der Waals surface area contributed by atoms with Gasteiger partial charge in [-0.15, -0.1) is 0 Å². The minimum atomic E-state index is -2.69. The van der Waals surface area contributed by atoms with Crippen LogP contribution < -0.4 is 5.73 Å². The maximum atomic E-state index is 12.5. The molecule has 1 atom stereocenters. The van der Waals surface area contributed by atoms with Crippen LogP contribution in [0, 0.1) is 5.92 Å². The van der Waals surface area contributed by atoms with Crippen LogP contribution in [0.15, 0.2) is 0 Å². The van der Waals surface area contributed by atoms with Crippen LogP contribution >= 0.6 is 0 Å². The fourth-order valence-electron chi connectivity index (χ4n) is 1.21. The second-order valence-electron chi connectivity index (χ2n) is 3.17. The van der Waals surface area contributed by atoms with E-state index in [4.69, 9.17) is 5.73 Å². The molecule has 3 heteroatoms. The van der Waals surface area contributed by atoms with E-state index in [-0.39, 0.29) is 5.92 Å². The average molecular weight is 149 g/mol. The number of hydrogen-bond donors (Lipinski definition) is 1. The van der Waals surface area contributed by atoms with Crippen LogP contribution in [0.3, 0.4) is 0 Å². The van der Waals surface area contributed by atoms with Gasteiger partial charge in [-0.05, 0) is 18.8 Å². The molecule has 1 fully saturated rings. The molecule has 0 bridgehead atoms. The van der Waals surface area contributed by atoms with Crippen molar-refractivity contribution in [2.24, 2.45) is 11.7 Å². The van der Waals surface area contributed by atoms with Crippen molar-refractivity contribution in [2.75, 3.05) is 0 Å². The molecule has 60 valence electrons. The molecule has 2 N–H and O–H groups in total. The summed E-state index contributed by atoms with van der Waals surface area (Å²) >= 11 is 0. The first-order valence-electron chi connectivity index (χ1n) is 3.65. The molecular weight excluding hydrogens is 136 g/mol. The highest BCUT2D eigenvalue weighted by atomic mass is 19.3. The molecule has 1 rings (SSSR count). The minimum Gasteiger partial charge on any atom is -0.322 e. The molecule has 0 radical (unpaired) electrons. The largest absolute Gasteiger partial charge is 0.322 e. The third kappa shape index (κ3) is 1.45. The summed E-state index contributed by atoms with van der Waals surface area (Å²) in [5.41, 5.74) is 5.31. The molecule has 1 aliphatic carbocycles. The van der Waals surface area contributed by atoms with Gasteiger partial charge in [0, 0.05) is 6.92 Å². The number of alkyl halides is 2. The van der Waals surface area contributed by atoms with Crippen LogP contribution in [-0.4, -0.2) is 12.0 Å². The Morgan fingerprint density at radius 3 is 2.10 bits per heavy atom. The predicted molar refractivity (Wildman–Crippen MR) is 35.9 cm³/mol.